The predicted molar refractivity (Wildman–Crippen MR) is 131 cm³/mol. The molecule has 4 nitrogen and oxygen atoms in total. The number of hydrogen-bond acceptors (Lipinski definition) is 3. The Balaban J connectivity index is 1.76. The van der Waals surface area contributed by atoms with Crippen molar-refractivity contribution >= 4 is 28.1 Å². The molecule has 0 fully saturated rings. The van der Waals surface area contributed by atoms with E-state index < -0.39 is 0 Å². The molecule has 5 heteroatoms. The zero-order valence-electron chi connectivity index (χ0n) is 19.4. The number of carbonyl (C=O) groups excluding carboxylic acids is 1. The van der Waals surface area contributed by atoms with Gasteiger partial charge in [-0.1, -0.05) is 24.3 Å². The Morgan fingerprint density at radius 3 is 2.48 bits per heavy atom. The van der Waals surface area contributed by atoms with E-state index in [0.29, 0.717) is 11.3 Å². The van der Waals surface area contributed by atoms with Gasteiger partial charge >= 0.3 is 0 Å². The van der Waals surface area contributed by atoms with E-state index >= 15 is 0 Å². The van der Waals surface area contributed by atoms with Gasteiger partial charge < -0.3 is 14.5 Å². The van der Waals surface area contributed by atoms with Gasteiger partial charge in [-0.15, -0.1) is 0 Å². The van der Waals surface area contributed by atoms with Gasteiger partial charge in [0.25, 0.3) is 0 Å². The molecular formula is C28H26FNO3. The lowest BCUT2D eigenvalue weighted by atomic mass is 9.96. The molecule has 4 aromatic rings. The Bertz CT molecular complexity index is 1380. The molecule has 33 heavy (non-hydrogen) atoms. The number of anilines is 1. The largest absolute Gasteiger partial charge is 0.496 e. The minimum Gasteiger partial charge on any atom is -0.496 e. The number of aryl methyl sites for hydroxylation is 3. The van der Waals surface area contributed by atoms with E-state index in [4.69, 9.17) is 9.15 Å². The molecule has 168 valence electrons. The first-order chi connectivity index (χ1) is 15.8. The number of carbonyl (C=O) groups is 1. The monoisotopic (exact) mass is 443 g/mol. The summed E-state index contributed by atoms with van der Waals surface area (Å²) in [5.74, 6) is 0.140. The number of benzene rings is 3. The Hall–Kier alpha value is -3.86. The zero-order chi connectivity index (χ0) is 23.7. The zero-order valence-corrected chi connectivity index (χ0v) is 19.4. The molecule has 1 amide bonds. The van der Waals surface area contributed by atoms with E-state index in [-0.39, 0.29) is 11.7 Å². The highest BCUT2D eigenvalue weighted by molar-refractivity contribution is 6.06. The number of amides is 1. The first-order valence-electron chi connectivity index (χ1n) is 10.7. The number of rotatable bonds is 5. The van der Waals surface area contributed by atoms with Crippen molar-refractivity contribution in [3.8, 4) is 16.9 Å². The van der Waals surface area contributed by atoms with Crippen LogP contribution in [0.5, 0.6) is 5.75 Å². The van der Waals surface area contributed by atoms with Crippen LogP contribution >= 0.6 is 0 Å². The van der Waals surface area contributed by atoms with Crippen LogP contribution in [0.2, 0.25) is 0 Å². The second kappa shape index (κ2) is 8.94. The normalized spacial score (nSPS) is 11.6. The van der Waals surface area contributed by atoms with Gasteiger partial charge in [-0.2, -0.15) is 0 Å². The summed E-state index contributed by atoms with van der Waals surface area (Å²) in [6.45, 7) is 7.75. The summed E-state index contributed by atoms with van der Waals surface area (Å²) >= 11 is 0. The molecule has 1 N–H and O–H groups in total. The van der Waals surface area contributed by atoms with Gasteiger partial charge in [0, 0.05) is 33.8 Å². The van der Waals surface area contributed by atoms with E-state index in [2.05, 4.69) is 5.32 Å². The smallest absolute Gasteiger partial charge is 0.248 e. The number of fused-ring (bicyclic) bond motifs is 1. The summed E-state index contributed by atoms with van der Waals surface area (Å²) in [5, 5.41) is 3.84. The average Bonchev–Trinajstić information content (AvgIpc) is 3.21. The maximum absolute atomic E-state index is 13.4. The van der Waals surface area contributed by atoms with E-state index in [9.17, 15) is 9.18 Å². The van der Waals surface area contributed by atoms with Gasteiger partial charge in [-0.25, -0.2) is 4.39 Å². The van der Waals surface area contributed by atoms with Gasteiger partial charge in [-0.05, 0) is 74.2 Å². The number of hydrogen-bond donors (Lipinski definition) is 1. The Labute approximate surface area is 192 Å². The van der Waals surface area contributed by atoms with Crippen LogP contribution in [0.1, 0.15) is 29.2 Å². The van der Waals surface area contributed by atoms with Gasteiger partial charge in [0.2, 0.25) is 5.91 Å². The Morgan fingerprint density at radius 1 is 1.06 bits per heavy atom. The minimum absolute atomic E-state index is 0.216. The Kier molecular flexibility index (Phi) is 6.05. The van der Waals surface area contributed by atoms with Crippen LogP contribution in [0.15, 0.2) is 65.3 Å². The maximum Gasteiger partial charge on any atom is 0.248 e. The molecule has 0 bridgehead atoms. The van der Waals surface area contributed by atoms with Crippen LogP contribution in [-0.4, -0.2) is 13.0 Å². The molecule has 4 rings (SSSR count). The van der Waals surface area contributed by atoms with Gasteiger partial charge in [0.1, 0.15) is 17.1 Å². The van der Waals surface area contributed by atoms with Crippen LogP contribution < -0.4 is 10.1 Å². The molecule has 0 unspecified atom stereocenters. The third-order valence-electron chi connectivity index (χ3n) is 5.83. The summed E-state index contributed by atoms with van der Waals surface area (Å²) in [6, 6.07) is 14.2. The number of methoxy groups -OCH3 is 1. The third-order valence-corrected chi connectivity index (χ3v) is 5.83. The average molecular weight is 444 g/mol. The fourth-order valence-electron chi connectivity index (χ4n) is 4.04. The van der Waals surface area contributed by atoms with Gasteiger partial charge in [-0.3, -0.25) is 4.79 Å². The second-order valence-electron chi connectivity index (χ2n) is 8.25. The molecular weight excluding hydrogens is 417 g/mol. The standard InChI is InChI=1S/C28H26FNO3/c1-16-6-7-17(2)25(12-16)30-26(31)13-18(3)22-14-23-24(20-8-10-21(29)11-9-20)15-33-28(23)19(4)27(22)32-5/h6-15H,1-5H3,(H,30,31)/b18-13+. The highest BCUT2D eigenvalue weighted by Crippen LogP contribution is 2.40. The summed E-state index contributed by atoms with van der Waals surface area (Å²) in [7, 11) is 1.60. The molecule has 0 aliphatic carbocycles. The second-order valence-corrected chi connectivity index (χ2v) is 8.25. The van der Waals surface area contributed by atoms with Crippen molar-refractivity contribution in [1.82, 2.24) is 0 Å². The van der Waals surface area contributed by atoms with Crippen molar-refractivity contribution in [3.63, 3.8) is 0 Å². The van der Waals surface area contributed by atoms with Crippen molar-refractivity contribution in [2.45, 2.75) is 27.7 Å². The van der Waals surface area contributed by atoms with Gasteiger partial charge in [0.15, 0.2) is 0 Å². The first kappa shape index (κ1) is 22.3. The fraction of sp³-hybridized carbons (Fsp3) is 0.179. The molecule has 0 atom stereocenters. The van der Waals surface area contributed by atoms with E-state index in [1.165, 1.54) is 12.1 Å². The summed E-state index contributed by atoms with van der Waals surface area (Å²) in [5.41, 5.74) is 7.64. The quantitative estimate of drug-likeness (QED) is 0.331. The lowest BCUT2D eigenvalue weighted by molar-refractivity contribution is -0.111. The Morgan fingerprint density at radius 2 is 1.79 bits per heavy atom. The molecule has 1 heterocycles. The highest BCUT2D eigenvalue weighted by atomic mass is 19.1. The van der Waals surface area contributed by atoms with Crippen LogP contribution in [0.25, 0.3) is 27.7 Å². The van der Waals surface area contributed by atoms with Gasteiger partial charge in [0.05, 0.1) is 13.4 Å². The SMILES string of the molecule is COc1c(/C(C)=C/C(=O)Nc2cc(C)ccc2C)cc2c(-c3ccc(F)cc3)coc2c1C. The molecule has 0 radical (unpaired) electrons. The highest BCUT2D eigenvalue weighted by Gasteiger charge is 2.19. The van der Waals surface area contributed by atoms with E-state index in [1.807, 2.05) is 52.0 Å². The van der Waals surface area contributed by atoms with Crippen molar-refractivity contribution < 1.29 is 18.3 Å². The van der Waals surface area contributed by atoms with E-state index in [0.717, 1.165) is 50.0 Å². The van der Waals surface area contributed by atoms with Crippen molar-refractivity contribution in [2.75, 3.05) is 12.4 Å². The number of allylic oxidation sites excluding steroid dienone is 1. The minimum atomic E-state index is -0.293. The van der Waals surface area contributed by atoms with Crippen molar-refractivity contribution in [2.24, 2.45) is 0 Å². The van der Waals surface area contributed by atoms with E-state index in [1.54, 1.807) is 31.6 Å². The van der Waals surface area contributed by atoms with Crippen LogP contribution in [-0.2, 0) is 4.79 Å². The molecule has 0 spiro atoms. The number of furan rings is 1. The molecule has 0 saturated carbocycles. The van der Waals surface area contributed by atoms with Crippen LogP contribution in [0, 0.1) is 26.6 Å². The summed E-state index contributed by atoms with van der Waals surface area (Å²) in [4.78, 5) is 12.8. The predicted octanol–water partition coefficient (Wildman–Crippen LogP) is 7.21. The third kappa shape index (κ3) is 4.40. The van der Waals surface area contributed by atoms with Crippen LogP contribution in [0.3, 0.4) is 0 Å². The lowest BCUT2D eigenvalue weighted by Gasteiger charge is -2.14. The van der Waals surface area contributed by atoms with Crippen molar-refractivity contribution in [3.05, 3.63) is 88.9 Å². The number of nitrogens with one attached hydrogen (secondary N) is 1. The molecule has 1 aromatic heterocycles. The first-order valence-corrected chi connectivity index (χ1v) is 10.7. The van der Waals surface area contributed by atoms with Crippen LogP contribution in [0.4, 0.5) is 10.1 Å². The molecule has 0 aliphatic heterocycles. The topological polar surface area (TPSA) is 51.5 Å². The fourth-order valence-corrected chi connectivity index (χ4v) is 4.04. The maximum atomic E-state index is 13.4. The van der Waals surface area contributed by atoms with Crippen molar-refractivity contribution in [1.29, 1.82) is 0 Å². The molecule has 3 aromatic carbocycles. The molecule has 0 aliphatic rings. The lowest BCUT2D eigenvalue weighted by Crippen LogP contribution is -2.10. The summed E-state index contributed by atoms with van der Waals surface area (Å²) in [6.07, 6.45) is 3.24. The molecule has 0 saturated heterocycles. The number of halogens is 1. The number of ether oxygens (including phenoxy) is 1. The summed E-state index contributed by atoms with van der Waals surface area (Å²) < 4.78 is 25.0.